The Morgan fingerprint density at radius 2 is 2.25 bits per heavy atom. The fourth-order valence-corrected chi connectivity index (χ4v) is 2.47. The summed E-state index contributed by atoms with van der Waals surface area (Å²) in [7, 11) is 0. The Balaban J connectivity index is 1.93. The summed E-state index contributed by atoms with van der Waals surface area (Å²) < 4.78 is 0. The van der Waals surface area contributed by atoms with Crippen molar-refractivity contribution >= 4 is 22.9 Å². The van der Waals surface area contributed by atoms with Crippen LogP contribution in [0.5, 0.6) is 0 Å². The lowest BCUT2D eigenvalue weighted by Crippen LogP contribution is -2.28. The van der Waals surface area contributed by atoms with Gasteiger partial charge in [0.15, 0.2) is 0 Å². The average molecular weight is 290 g/mol. The van der Waals surface area contributed by atoms with Crippen molar-refractivity contribution in [1.82, 2.24) is 15.3 Å². The Kier molecular flexibility index (Phi) is 5.06. The van der Waals surface area contributed by atoms with Crippen molar-refractivity contribution in [2.24, 2.45) is 0 Å². The minimum atomic E-state index is -0.159. The summed E-state index contributed by atoms with van der Waals surface area (Å²) in [5.41, 5.74) is 1.33. The van der Waals surface area contributed by atoms with E-state index < -0.39 is 0 Å². The maximum Gasteiger partial charge on any atom is 0.269 e. The van der Waals surface area contributed by atoms with Crippen LogP contribution >= 0.6 is 11.3 Å². The van der Waals surface area contributed by atoms with E-state index in [1.165, 1.54) is 0 Å². The van der Waals surface area contributed by atoms with Gasteiger partial charge < -0.3 is 10.6 Å². The van der Waals surface area contributed by atoms with Crippen LogP contribution in [0, 0.1) is 0 Å². The van der Waals surface area contributed by atoms with Crippen LogP contribution in [-0.2, 0) is 0 Å². The number of thiazole rings is 1. The zero-order valence-corrected chi connectivity index (χ0v) is 12.4. The predicted octanol–water partition coefficient (Wildman–Crippen LogP) is 2.50. The molecule has 0 radical (unpaired) electrons. The first-order chi connectivity index (χ1) is 9.70. The molecule has 5 nitrogen and oxygen atoms in total. The van der Waals surface area contributed by atoms with E-state index in [0.29, 0.717) is 12.2 Å². The van der Waals surface area contributed by atoms with E-state index in [1.807, 2.05) is 25.3 Å². The molecule has 0 aliphatic heterocycles. The lowest BCUT2D eigenvalue weighted by molar-refractivity contribution is 0.0946. The first kappa shape index (κ1) is 14.5. The molecule has 106 valence electrons. The molecule has 1 amide bonds. The Hall–Kier alpha value is -1.95. The third-order valence-corrected chi connectivity index (χ3v) is 3.82. The second-order valence-electron chi connectivity index (χ2n) is 4.44. The second-order valence-corrected chi connectivity index (χ2v) is 5.37. The quantitative estimate of drug-likeness (QED) is 0.858. The fraction of sp³-hybridized carbons (Fsp3) is 0.357. The van der Waals surface area contributed by atoms with Gasteiger partial charge in [0.25, 0.3) is 5.91 Å². The molecule has 2 N–H and O–H groups in total. The van der Waals surface area contributed by atoms with Crippen molar-refractivity contribution in [2.75, 3.05) is 18.4 Å². The minimum absolute atomic E-state index is 0.159. The largest absolute Gasteiger partial charge is 0.385 e. The van der Waals surface area contributed by atoms with Crippen LogP contribution in [0.3, 0.4) is 0 Å². The molecule has 0 aromatic carbocycles. The fourth-order valence-electron chi connectivity index (χ4n) is 1.77. The molecule has 0 aliphatic rings. The molecule has 0 saturated heterocycles. The van der Waals surface area contributed by atoms with E-state index >= 15 is 0 Å². The number of nitrogens with one attached hydrogen (secondary N) is 2. The Morgan fingerprint density at radius 1 is 1.40 bits per heavy atom. The lowest BCUT2D eigenvalue weighted by atomic mass is 10.2. The molecule has 20 heavy (non-hydrogen) atoms. The van der Waals surface area contributed by atoms with Gasteiger partial charge in [-0.1, -0.05) is 6.92 Å². The highest BCUT2D eigenvalue weighted by molar-refractivity contribution is 7.09. The van der Waals surface area contributed by atoms with Crippen molar-refractivity contribution in [2.45, 2.75) is 19.8 Å². The summed E-state index contributed by atoms with van der Waals surface area (Å²) in [4.78, 5) is 20.4. The first-order valence-corrected chi connectivity index (χ1v) is 7.46. The summed E-state index contributed by atoms with van der Waals surface area (Å²) in [6.45, 7) is 5.42. The van der Waals surface area contributed by atoms with Gasteiger partial charge >= 0.3 is 0 Å². The van der Waals surface area contributed by atoms with Crippen LogP contribution in [0.1, 0.15) is 35.3 Å². The number of amides is 1. The van der Waals surface area contributed by atoms with Crippen LogP contribution in [-0.4, -0.2) is 29.0 Å². The summed E-state index contributed by atoms with van der Waals surface area (Å²) in [6, 6.07) is 3.60. The van der Waals surface area contributed by atoms with Crippen LogP contribution in [0.4, 0.5) is 5.69 Å². The zero-order chi connectivity index (χ0) is 14.4. The average Bonchev–Trinajstić information content (AvgIpc) is 2.99. The van der Waals surface area contributed by atoms with Crippen molar-refractivity contribution in [3.63, 3.8) is 0 Å². The molecule has 0 saturated carbocycles. The summed E-state index contributed by atoms with van der Waals surface area (Å²) in [5, 5.41) is 9.02. The molecular formula is C14H18N4OS. The maximum absolute atomic E-state index is 12.1. The standard InChI is InChI=1S/C14H18N4OS/c1-3-15-11-4-5-16-12(8-11)13(19)18-9-10(2)14-17-6-7-20-14/h4-8,10H,3,9H2,1-2H3,(H,15,16)(H,18,19). The third kappa shape index (κ3) is 3.77. The van der Waals surface area contributed by atoms with E-state index in [9.17, 15) is 4.79 Å². The van der Waals surface area contributed by atoms with Crippen LogP contribution < -0.4 is 10.6 Å². The molecule has 1 unspecified atom stereocenters. The van der Waals surface area contributed by atoms with Crippen molar-refractivity contribution in [3.8, 4) is 0 Å². The van der Waals surface area contributed by atoms with Crippen LogP contribution in [0.2, 0.25) is 0 Å². The number of carbonyl (C=O) groups excluding carboxylic acids is 1. The summed E-state index contributed by atoms with van der Waals surface area (Å²) in [6.07, 6.45) is 3.41. The molecule has 1 atom stereocenters. The second kappa shape index (κ2) is 7.00. The van der Waals surface area contributed by atoms with Gasteiger partial charge in [0.05, 0.1) is 5.01 Å². The molecule has 6 heteroatoms. The van der Waals surface area contributed by atoms with Crippen LogP contribution in [0.15, 0.2) is 29.9 Å². The number of pyridine rings is 1. The van der Waals surface area contributed by atoms with Gasteiger partial charge in [-0.25, -0.2) is 4.98 Å². The van der Waals surface area contributed by atoms with E-state index in [4.69, 9.17) is 0 Å². The minimum Gasteiger partial charge on any atom is -0.385 e. The van der Waals surface area contributed by atoms with Gasteiger partial charge in [0, 0.05) is 42.5 Å². The highest BCUT2D eigenvalue weighted by Crippen LogP contribution is 2.16. The molecule has 0 bridgehead atoms. The smallest absolute Gasteiger partial charge is 0.269 e. The van der Waals surface area contributed by atoms with Crippen molar-refractivity contribution in [3.05, 3.63) is 40.6 Å². The first-order valence-electron chi connectivity index (χ1n) is 6.58. The van der Waals surface area contributed by atoms with Gasteiger partial charge in [-0.3, -0.25) is 9.78 Å². The molecular weight excluding hydrogens is 272 g/mol. The SMILES string of the molecule is CCNc1ccnc(C(=O)NCC(C)c2nccs2)c1. The highest BCUT2D eigenvalue weighted by Gasteiger charge is 2.12. The number of hydrogen-bond acceptors (Lipinski definition) is 5. The zero-order valence-electron chi connectivity index (χ0n) is 11.6. The molecule has 0 aliphatic carbocycles. The van der Waals surface area contributed by atoms with E-state index in [1.54, 1.807) is 29.8 Å². The normalized spacial score (nSPS) is 11.9. The van der Waals surface area contributed by atoms with Gasteiger partial charge in [-0.15, -0.1) is 11.3 Å². The maximum atomic E-state index is 12.1. The van der Waals surface area contributed by atoms with E-state index in [-0.39, 0.29) is 11.8 Å². The van der Waals surface area contributed by atoms with E-state index in [0.717, 1.165) is 17.2 Å². The number of aromatic nitrogens is 2. The number of anilines is 1. The number of rotatable bonds is 6. The molecule has 0 spiro atoms. The summed E-state index contributed by atoms with van der Waals surface area (Å²) >= 11 is 1.60. The van der Waals surface area contributed by atoms with Crippen LogP contribution in [0.25, 0.3) is 0 Å². The Labute approximate surface area is 122 Å². The topological polar surface area (TPSA) is 66.9 Å². The molecule has 2 heterocycles. The van der Waals surface area contributed by atoms with Crippen molar-refractivity contribution in [1.29, 1.82) is 0 Å². The lowest BCUT2D eigenvalue weighted by Gasteiger charge is -2.10. The number of hydrogen-bond donors (Lipinski definition) is 2. The summed E-state index contributed by atoms with van der Waals surface area (Å²) in [5.74, 6) is 0.0454. The predicted molar refractivity (Wildman–Crippen MR) is 81.3 cm³/mol. The Bertz CT molecular complexity index is 556. The molecule has 2 aromatic heterocycles. The van der Waals surface area contributed by atoms with Gasteiger partial charge in [0.2, 0.25) is 0 Å². The number of carbonyl (C=O) groups is 1. The monoisotopic (exact) mass is 290 g/mol. The van der Waals surface area contributed by atoms with Crippen molar-refractivity contribution < 1.29 is 4.79 Å². The highest BCUT2D eigenvalue weighted by atomic mass is 32.1. The van der Waals surface area contributed by atoms with Gasteiger partial charge in [-0.05, 0) is 19.1 Å². The Morgan fingerprint density at radius 3 is 2.95 bits per heavy atom. The van der Waals surface area contributed by atoms with Gasteiger partial charge in [-0.2, -0.15) is 0 Å². The molecule has 2 aromatic rings. The van der Waals surface area contributed by atoms with E-state index in [2.05, 4.69) is 20.6 Å². The third-order valence-electron chi connectivity index (χ3n) is 2.82. The number of nitrogens with zero attached hydrogens (tertiary/aromatic N) is 2. The molecule has 0 fully saturated rings. The molecule has 2 rings (SSSR count). The van der Waals surface area contributed by atoms with Gasteiger partial charge in [0.1, 0.15) is 5.69 Å².